The third-order valence-electron chi connectivity index (χ3n) is 2.91. The maximum atomic E-state index is 10.6. The van der Waals surface area contributed by atoms with Gasteiger partial charge in [-0.25, -0.2) is 9.97 Å². The Kier molecular flexibility index (Phi) is 3.68. The van der Waals surface area contributed by atoms with Crippen molar-refractivity contribution in [2.75, 3.05) is 13.1 Å². The molecular formula is C12H17N3O2. The predicted molar refractivity (Wildman–Crippen MR) is 62.6 cm³/mol. The summed E-state index contributed by atoms with van der Waals surface area (Å²) in [5.41, 5.74) is 2.16. The molecule has 0 bridgehead atoms. The van der Waals surface area contributed by atoms with Crippen LogP contribution in [-0.4, -0.2) is 39.0 Å². The summed E-state index contributed by atoms with van der Waals surface area (Å²) in [6, 6.07) is 0. The van der Waals surface area contributed by atoms with Gasteiger partial charge in [-0.1, -0.05) is 6.92 Å². The van der Waals surface area contributed by atoms with Crippen molar-refractivity contribution in [3.05, 3.63) is 23.3 Å². The van der Waals surface area contributed by atoms with E-state index in [0.29, 0.717) is 5.82 Å². The first-order valence-electron chi connectivity index (χ1n) is 5.97. The largest absolute Gasteiger partial charge is 0.481 e. The molecule has 1 aliphatic rings. The lowest BCUT2D eigenvalue weighted by Gasteiger charge is -2.27. The van der Waals surface area contributed by atoms with Crippen molar-refractivity contribution in [2.45, 2.75) is 32.7 Å². The van der Waals surface area contributed by atoms with Crippen molar-refractivity contribution in [3.8, 4) is 0 Å². The maximum absolute atomic E-state index is 10.6. The zero-order chi connectivity index (χ0) is 12.3. The van der Waals surface area contributed by atoms with Gasteiger partial charge in [-0.05, 0) is 13.0 Å². The minimum absolute atomic E-state index is 0.0913. The average Bonchev–Trinajstić information content (AvgIpc) is 2.29. The van der Waals surface area contributed by atoms with E-state index in [-0.39, 0.29) is 6.42 Å². The fourth-order valence-corrected chi connectivity index (χ4v) is 2.14. The summed E-state index contributed by atoms with van der Waals surface area (Å²) in [6.07, 6.45) is 3.73. The van der Waals surface area contributed by atoms with Crippen LogP contribution in [0, 0.1) is 0 Å². The first kappa shape index (κ1) is 12.0. The quantitative estimate of drug-likeness (QED) is 0.838. The fraction of sp³-hybridized carbons (Fsp3) is 0.583. The number of rotatable bonds is 4. The molecule has 0 spiro atoms. The van der Waals surface area contributed by atoms with Crippen LogP contribution < -0.4 is 0 Å². The number of aromatic nitrogens is 2. The van der Waals surface area contributed by atoms with E-state index in [1.54, 1.807) is 6.20 Å². The second-order valence-electron chi connectivity index (χ2n) is 4.35. The summed E-state index contributed by atoms with van der Waals surface area (Å²) >= 11 is 0. The Morgan fingerprint density at radius 3 is 3.12 bits per heavy atom. The van der Waals surface area contributed by atoms with Crippen LogP contribution in [0.2, 0.25) is 0 Å². The molecule has 1 aromatic rings. The Bertz CT molecular complexity index is 420. The molecule has 1 aromatic heterocycles. The van der Waals surface area contributed by atoms with Crippen LogP contribution in [0.15, 0.2) is 6.20 Å². The lowest BCUT2D eigenvalue weighted by atomic mass is 10.1. The first-order valence-corrected chi connectivity index (χ1v) is 5.97. The summed E-state index contributed by atoms with van der Waals surface area (Å²) in [7, 11) is 0. The number of carbonyl (C=O) groups is 1. The third kappa shape index (κ3) is 3.00. The van der Waals surface area contributed by atoms with Crippen molar-refractivity contribution < 1.29 is 9.90 Å². The standard InChI is InChI=1S/C12H17N3O2/c1-2-4-15-5-3-10-9(8-15)7-13-11(14-10)6-12(16)17/h7H,2-6,8H2,1H3,(H,16,17). The molecule has 92 valence electrons. The summed E-state index contributed by atoms with van der Waals surface area (Å²) in [5, 5.41) is 8.69. The molecule has 1 aliphatic heterocycles. The molecule has 0 unspecified atom stereocenters. The highest BCUT2D eigenvalue weighted by Crippen LogP contribution is 2.16. The lowest BCUT2D eigenvalue weighted by Crippen LogP contribution is -2.32. The Morgan fingerprint density at radius 1 is 1.59 bits per heavy atom. The highest BCUT2D eigenvalue weighted by atomic mass is 16.4. The van der Waals surface area contributed by atoms with E-state index in [4.69, 9.17) is 5.11 Å². The number of hydrogen-bond acceptors (Lipinski definition) is 4. The Morgan fingerprint density at radius 2 is 2.41 bits per heavy atom. The molecule has 0 saturated carbocycles. The van der Waals surface area contributed by atoms with E-state index in [1.165, 1.54) is 0 Å². The van der Waals surface area contributed by atoms with Crippen molar-refractivity contribution in [1.82, 2.24) is 14.9 Å². The van der Waals surface area contributed by atoms with E-state index in [1.807, 2.05) is 0 Å². The van der Waals surface area contributed by atoms with Crippen LogP contribution in [0.5, 0.6) is 0 Å². The molecule has 2 rings (SSSR count). The van der Waals surface area contributed by atoms with Gasteiger partial charge in [-0.2, -0.15) is 0 Å². The summed E-state index contributed by atoms with van der Waals surface area (Å²) in [4.78, 5) is 21.4. The number of hydrogen-bond donors (Lipinski definition) is 1. The number of aliphatic carboxylic acids is 1. The predicted octanol–water partition coefficient (Wildman–Crippen LogP) is 0.872. The van der Waals surface area contributed by atoms with E-state index < -0.39 is 5.97 Å². The molecule has 0 amide bonds. The molecule has 0 fully saturated rings. The van der Waals surface area contributed by atoms with Crippen molar-refractivity contribution in [2.24, 2.45) is 0 Å². The average molecular weight is 235 g/mol. The van der Waals surface area contributed by atoms with Crippen LogP contribution in [0.4, 0.5) is 0 Å². The minimum Gasteiger partial charge on any atom is -0.481 e. The van der Waals surface area contributed by atoms with Crippen LogP contribution in [0.25, 0.3) is 0 Å². The van der Waals surface area contributed by atoms with E-state index in [9.17, 15) is 4.79 Å². The second kappa shape index (κ2) is 5.23. The van der Waals surface area contributed by atoms with Gasteiger partial charge >= 0.3 is 5.97 Å². The fourth-order valence-electron chi connectivity index (χ4n) is 2.14. The summed E-state index contributed by atoms with van der Waals surface area (Å²) in [6.45, 7) is 5.15. The van der Waals surface area contributed by atoms with E-state index in [0.717, 1.165) is 43.7 Å². The van der Waals surface area contributed by atoms with E-state index >= 15 is 0 Å². The zero-order valence-corrected chi connectivity index (χ0v) is 10.0. The topological polar surface area (TPSA) is 66.3 Å². The number of fused-ring (bicyclic) bond motifs is 1. The number of carboxylic acid groups (broad SMARTS) is 1. The molecule has 0 aromatic carbocycles. The molecule has 0 aliphatic carbocycles. The van der Waals surface area contributed by atoms with Crippen LogP contribution in [-0.2, 0) is 24.2 Å². The van der Waals surface area contributed by atoms with Crippen molar-refractivity contribution in [3.63, 3.8) is 0 Å². The number of carboxylic acids is 1. The van der Waals surface area contributed by atoms with Gasteiger partial charge in [-0.15, -0.1) is 0 Å². The Hall–Kier alpha value is -1.49. The van der Waals surface area contributed by atoms with Gasteiger partial charge in [0.05, 0.1) is 0 Å². The third-order valence-corrected chi connectivity index (χ3v) is 2.91. The normalized spacial score (nSPS) is 15.6. The van der Waals surface area contributed by atoms with Crippen molar-refractivity contribution in [1.29, 1.82) is 0 Å². The molecule has 5 nitrogen and oxygen atoms in total. The Labute approximate surface area is 100 Å². The molecule has 0 atom stereocenters. The molecule has 1 N–H and O–H groups in total. The Balaban J connectivity index is 2.11. The van der Waals surface area contributed by atoms with E-state index in [2.05, 4.69) is 21.8 Å². The van der Waals surface area contributed by atoms with Gasteiger partial charge in [0.15, 0.2) is 0 Å². The first-order chi connectivity index (χ1) is 8.19. The molecule has 17 heavy (non-hydrogen) atoms. The monoisotopic (exact) mass is 235 g/mol. The molecule has 5 heteroatoms. The zero-order valence-electron chi connectivity index (χ0n) is 10.0. The maximum Gasteiger partial charge on any atom is 0.311 e. The van der Waals surface area contributed by atoms with Gasteiger partial charge in [0.2, 0.25) is 0 Å². The SMILES string of the molecule is CCCN1CCc2nc(CC(=O)O)ncc2C1. The summed E-state index contributed by atoms with van der Waals surface area (Å²) in [5.74, 6) is -0.464. The smallest absolute Gasteiger partial charge is 0.311 e. The van der Waals surface area contributed by atoms with Gasteiger partial charge in [0.1, 0.15) is 12.2 Å². The van der Waals surface area contributed by atoms with Gasteiger partial charge in [0, 0.05) is 37.0 Å². The highest BCUT2D eigenvalue weighted by molar-refractivity contribution is 5.68. The lowest BCUT2D eigenvalue weighted by molar-refractivity contribution is -0.136. The summed E-state index contributed by atoms with van der Waals surface area (Å²) < 4.78 is 0. The molecule has 2 heterocycles. The van der Waals surface area contributed by atoms with Gasteiger partial charge in [-0.3, -0.25) is 9.69 Å². The highest BCUT2D eigenvalue weighted by Gasteiger charge is 2.18. The molecular weight excluding hydrogens is 218 g/mol. The van der Waals surface area contributed by atoms with Gasteiger partial charge in [0.25, 0.3) is 0 Å². The van der Waals surface area contributed by atoms with Crippen LogP contribution >= 0.6 is 0 Å². The number of nitrogens with zero attached hydrogens (tertiary/aromatic N) is 3. The molecule has 0 saturated heterocycles. The van der Waals surface area contributed by atoms with Crippen molar-refractivity contribution >= 4 is 5.97 Å². The second-order valence-corrected chi connectivity index (χ2v) is 4.35. The van der Waals surface area contributed by atoms with Crippen LogP contribution in [0.3, 0.4) is 0 Å². The minimum atomic E-state index is -0.881. The molecule has 0 radical (unpaired) electrons. The van der Waals surface area contributed by atoms with Crippen LogP contribution in [0.1, 0.15) is 30.4 Å². The van der Waals surface area contributed by atoms with Gasteiger partial charge < -0.3 is 5.11 Å².